The minimum Gasteiger partial charge on any atom is -0.107 e. The van der Waals surface area contributed by atoms with Crippen LogP contribution < -0.4 is 0 Å². The minimum atomic E-state index is -1.11. The first kappa shape index (κ1) is 11.0. The first-order chi connectivity index (χ1) is 5.82. The molecule has 0 aromatic rings. The van der Waals surface area contributed by atoms with E-state index in [4.69, 9.17) is 0 Å². The van der Waals surface area contributed by atoms with Gasteiger partial charge in [-0.15, -0.1) is 12.3 Å². The van der Waals surface area contributed by atoms with E-state index in [1.807, 2.05) is 0 Å². The molecule has 0 bridgehead atoms. The van der Waals surface area contributed by atoms with E-state index in [2.05, 4.69) is 45.8 Å². The number of hydrogen-bond acceptors (Lipinski definition) is 0. The Morgan fingerprint density at radius 1 is 1.15 bits per heavy atom. The van der Waals surface area contributed by atoms with Crippen LogP contribution in [0.1, 0.15) is 13.8 Å². The Hall–Kier alpha value is -0.0862. The van der Waals surface area contributed by atoms with Crippen molar-refractivity contribution in [2.75, 3.05) is 0 Å². The van der Waals surface area contributed by atoms with Gasteiger partial charge < -0.3 is 0 Å². The fourth-order valence-electron chi connectivity index (χ4n) is 2.29. The molecular formula is C11H22Si2. The van der Waals surface area contributed by atoms with Crippen LogP contribution in [0.15, 0.2) is 23.4 Å². The van der Waals surface area contributed by atoms with E-state index < -0.39 is 15.2 Å². The van der Waals surface area contributed by atoms with E-state index >= 15 is 0 Å². The molecule has 0 aliphatic carbocycles. The molecule has 0 aromatic heterocycles. The first-order valence-electron chi connectivity index (χ1n) is 5.11. The Kier molecular flexibility index (Phi) is 2.74. The van der Waals surface area contributed by atoms with Gasteiger partial charge in [0.1, 0.15) is 0 Å². The van der Waals surface area contributed by atoms with Crippen LogP contribution in [0.2, 0.25) is 31.7 Å². The van der Waals surface area contributed by atoms with Gasteiger partial charge in [0.15, 0.2) is 0 Å². The molecular weight excluding hydrogens is 188 g/mol. The summed E-state index contributed by atoms with van der Waals surface area (Å²) in [5.74, 6) is 0. The summed E-state index contributed by atoms with van der Waals surface area (Å²) in [5.41, 5.74) is 5.70. The highest BCUT2D eigenvalue weighted by Gasteiger charge is 2.46. The fraction of sp³-hybridized carbons (Fsp3) is 0.636. The van der Waals surface area contributed by atoms with Crippen LogP contribution in [0.25, 0.3) is 0 Å². The smallest absolute Gasteiger partial charge is 0.0774 e. The van der Waals surface area contributed by atoms with Crippen molar-refractivity contribution in [3.05, 3.63) is 23.4 Å². The maximum Gasteiger partial charge on any atom is 0.0774 e. The number of allylic oxidation sites excluding steroid dienone is 2. The number of hydrogen-bond donors (Lipinski definition) is 0. The van der Waals surface area contributed by atoms with E-state index in [1.165, 1.54) is 12.1 Å². The highest BCUT2D eigenvalue weighted by Crippen LogP contribution is 2.41. The van der Waals surface area contributed by atoms with Gasteiger partial charge in [-0.2, -0.15) is 0 Å². The minimum absolute atomic E-state index is 0.979. The van der Waals surface area contributed by atoms with Gasteiger partial charge in [-0.05, 0) is 25.9 Å². The third-order valence-electron chi connectivity index (χ3n) is 3.77. The Balaban J connectivity index is 2.98. The third kappa shape index (κ3) is 1.74. The summed E-state index contributed by atoms with van der Waals surface area (Å²) in [6, 6.07) is 2.80. The van der Waals surface area contributed by atoms with E-state index in [0.29, 0.717) is 0 Å². The molecule has 74 valence electrons. The lowest BCUT2D eigenvalue weighted by Crippen LogP contribution is -2.54. The zero-order valence-electron chi connectivity index (χ0n) is 9.70. The Bertz CT molecular complexity index is 242. The van der Waals surface area contributed by atoms with Crippen LogP contribution in [0.5, 0.6) is 0 Å². The molecule has 0 radical (unpaired) electrons. The molecule has 1 heterocycles. The van der Waals surface area contributed by atoms with Gasteiger partial charge in [-0.3, -0.25) is 0 Å². The molecule has 1 aliphatic rings. The monoisotopic (exact) mass is 210 g/mol. The van der Waals surface area contributed by atoms with Gasteiger partial charge in [0.25, 0.3) is 0 Å². The predicted molar refractivity (Wildman–Crippen MR) is 67.3 cm³/mol. The molecule has 1 aliphatic heterocycles. The van der Waals surface area contributed by atoms with Crippen molar-refractivity contribution in [3.8, 4) is 0 Å². The summed E-state index contributed by atoms with van der Waals surface area (Å²) >= 11 is 0. The second-order valence-electron chi connectivity index (χ2n) is 5.52. The predicted octanol–water partition coefficient (Wildman–Crippen LogP) is 3.93. The van der Waals surface area contributed by atoms with Crippen LogP contribution in [-0.2, 0) is 0 Å². The molecule has 0 fully saturated rings. The lowest BCUT2D eigenvalue weighted by Gasteiger charge is -2.36. The number of rotatable bonds is 2. The zero-order chi connectivity index (χ0) is 10.3. The SMILES string of the molecule is C=C[Si]1([Si](C)(C)C)CC(C)=C(C)C1. The molecule has 0 amide bonds. The second kappa shape index (κ2) is 3.24. The van der Waals surface area contributed by atoms with Crippen LogP contribution in [-0.4, -0.2) is 15.2 Å². The van der Waals surface area contributed by atoms with Gasteiger partial charge in [-0.1, -0.05) is 30.8 Å². The molecule has 0 spiro atoms. The highest BCUT2D eigenvalue weighted by atomic mass is 29.3. The average Bonchev–Trinajstić information content (AvgIpc) is 2.28. The molecule has 1 rings (SSSR count). The summed E-state index contributed by atoms with van der Waals surface area (Å²) in [6.07, 6.45) is 0. The highest BCUT2D eigenvalue weighted by molar-refractivity contribution is 7.43. The van der Waals surface area contributed by atoms with Crippen LogP contribution in [0, 0.1) is 0 Å². The van der Waals surface area contributed by atoms with Crippen molar-refractivity contribution in [1.82, 2.24) is 0 Å². The lowest BCUT2D eigenvalue weighted by atomic mass is 10.2. The van der Waals surface area contributed by atoms with Crippen molar-refractivity contribution in [3.63, 3.8) is 0 Å². The van der Waals surface area contributed by atoms with E-state index in [9.17, 15) is 0 Å². The normalized spacial score (nSPS) is 22.2. The zero-order valence-corrected chi connectivity index (χ0v) is 11.7. The fourth-order valence-corrected chi connectivity index (χ4v) is 13.5. The summed E-state index contributed by atoms with van der Waals surface area (Å²) in [7, 11) is -2.08. The standard InChI is InChI=1S/C11H22Si2/c1-7-13(12(4,5)6)8-10(2)11(3)9-13/h7H,1,8-9H2,2-6H3. The van der Waals surface area contributed by atoms with Crippen molar-refractivity contribution in [1.29, 1.82) is 0 Å². The second-order valence-corrected chi connectivity index (χ2v) is 20.9. The average molecular weight is 210 g/mol. The Morgan fingerprint density at radius 3 is 1.69 bits per heavy atom. The Labute approximate surface area is 84.6 Å². The topological polar surface area (TPSA) is 0 Å². The summed E-state index contributed by atoms with van der Waals surface area (Å²) in [4.78, 5) is 0. The molecule has 0 N–H and O–H groups in total. The van der Waals surface area contributed by atoms with Crippen LogP contribution >= 0.6 is 0 Å². The molecule has 0 aromatic carbocycles. The van der Waals surface area contributed by atoms with E-state index in [-0.39, 0.29) is 0 Å². The van der Waals surface area contributed by atoms with E-state index in [0.717, 1.165) is 0 Å². The van der Waals surface area contributed by atoms with Gasteiger partial charge in [0.05, 0.1) is 7.59 Å². The van der Waals surface area contributed by atoms with Crippen molar-refractivity contribution in [2.24, 2.45) is 0 Å². The van der Waals surface area contributed by atoms with E-state index in [1.54, 1.807) is 11.1 Å². The van der Waals surface area contributed by atoms with Gasteiger partial charge in [0, 0.05) is 7.59 Å². The van der Waals surface area contributed by atoms with Crippen molar-refractivity contribution < 1.29 is 0 Å². The first-order valence-corrected chi connectivity index (χ1v) is 12.1. The van der Waals surface area contributed by atoms with Crippen molar-refractivity contribution >= 4 is 15.2 Å². The quantitative estimate of drug-likeness (QED) is 0.479. The van der Waals surface area contributed by atoms with Crippen LogP contribution in [0.4, 0.5) is 0 Å². The van der Waals surface area contributed by atoms with Gasteiger partial charge >= 0.3 is 0 Å². The van der Waals surface area contributed by atoms with Gasteiger partial charge in [0.2, 0.25) is 0 Å². The molecule has 0 saturated heterocycles. The maximum absolute atomic E-state index is 4.12. The molecule has 0 nitrogen and oxygen atoms in total. The largest absolute Gasteiger partial charge is 0.107 e. The Morgan fingerprint density at radius 2 is 1.54 bits per heavy atom. The lowest BCUT2D eigenvalue weighted by molar-refractivity contribution is 1.28. The molecule has 0 saturated carbocycles. The summed E-state index contributed by atoms with van der Waals surface area (Å²) in [6.45, 7) is 16.3. The van der Waals surface area contributed by atoms with Gasteiger partial charge in [-0.25, -0.2) is 0 Å². The van der Waals surface area contributed by atoms with Crippen molar-refractivity contribution in [2.45, 2.75) is 45.6 Å². The maximum atomic E-state index is 4.12. The molecule has 0 unspecified atom stereocenters. The molecule has 13 heavy (non-hydrogen) atoms. The molecule has 0 atom stereocenters. The summed E-state index contributed by atoms with van der Waals surface area (Å²) in [5, 5.41) is 0. The third-order valence-corrected chi connectivity index (χ3v) is 20.5. The molecule has 2 heteroatoms. The van der Waals surface area contributed by atoms with Crippen LogP contribution in [0.3, 0.4) is 0 Å². The summed E-state index contributed by atoms with van der Waals surface area (Å²) < 4.78 is 0.